The molecule has 0 aromatic rings. The Morgan fingerprint density at radius 2 is 2.18 bits per heavy atom. The second-order valence-electron chi connectivity index (χ2n) is 2.76. The first-order valence-corrected chi connectivity index (χ1v) is 3.66. The van der Waals surface area contributed by atoms with Crippen molar-refractivity contribution >= 4 is 6.03 Å². The van der Waals surface area contributed by atoms with E-state index in [1.807, 2.05) is 6.92 Å². The number of aliphatic hydroxyl groups excluding tert-OH is 1. The molecule has 0 aliphatic carbocycles. The van der Waals surface area contributed by atoms with E-state index < -0.39 is 0 Å². The van der Waals surface area contributed by atoms with Gasteiger partial charge in [-0.3, -0.25) is 0 Å². The summed E-state index contributed by atoms with van der Waals surface area (Å²) in [5.41, 5.74) is 0. The van der Waals surface area contributed by atoms with Crippen molar-refractivity contribution in [3.63, 3.8) is 0 Å². The van der Waals surface area contributed by atoms with Gasteiger partial charge in [-0.05, 0) is 13.3 Å². The van der Waals surface area contributed by atoms with Crippen LogP contribution in [0, 0.1) is 0 Å². The molecule has 4 nitrogen and oxygen atoms in total. The number of hydrogen-bond donors (Lipinski definition) is 2. The fourth-order valence-electron chi connectivity index (χ4n) is 0.606. The first-order chi connectivity index (χ1) is 5.07. The summed E-state index contributed by atoms with van der Waals surface area (Å²) in [5.74, 6) is 0. The molecule has 0 fully saturated rings. The highest BCUT2D eigenvalue weighted by molar-refractivity contribution is 5.73. The van der Waals surface area contributed by atoms with E-state index in [0.29, 0.717) is 6.42 Å². The van der Waals surface area contributed by atoms with Gasteiger partial charge in [-0.25, -0.2) is 4.79 Å². The molecule has 0 rings (SSSR count). The number of rotatable bonds is 3. The topological polar surface area (TPSA) is 52.6 Å². The van der Waals surface area contributed by atoms with E-state index in [4.69, 9.17) is 5.11 Å². The van der Waals surface area contributed by atoms with Crippen LogP contribution in [0.25, 0.3) is 0 Å². The summed E-state index contributed by atoms with van der Waals surface area (Å²) in [7, 11) is 3.36. The SMILES string of the molecule is C[C@H](CCO)NC(=O)N(C)C. The van der Waals surface area contributed by atoms with Gasteiger partial charge >= 0.3 is 6.03 Å². The second-order valence-corrected chi connectivity index (χ2v) is 2.76. The van der Waals surface area contributed by atoms with E-state index in [0.717, 1.165) is 0 Å². The third-order valence-electron chi connectivity index (χ3n) is 1.34. The van der Waals surface area contributed by atoms with Gasteiger partial charge in [0.15, 0.2) is 0 Å². The van der Waals surface area contributed by atoms with Gasteiger partial charge in [0.25, 0.3) is 0 Å². The predicted molar refractivity (Wildman–Crippen MR) is 43.4 cm³/mol. The molecule has 0 saturated heterocycles. The van der Waals surface area contributed by atoms with Crippen molar-refractivity contribution in [2.45, 2.75) is 19.4 Å². The molecule has 0 aliphatic rings. The van der Waals surface area contributed by atoms with Gasteiger partial charge in [0.2, 0.25) is 0 Å². The Morgan fingerprint density at radius 1 is 1.64 bits per heavy atom. The third kappa shape index (κ3) is 4.61. The predicted octanol–water partition coefficient (Wildman–Crippen LogP) is 0.0285. The monoisotopic (exact) mass is 160 g/mol. The fraction of sp³-hybridized carbons (Fsp3) is 0.857. The Hall–Kier alpha value is -0.770. The third-order valence-corrected chi connectivity index (χ3v) is 1.34. The summed E-state index contributed by atoms with van der Waals surface area (Å²) in [4.78, 5) is 12.4. The molecule has 0 heterocycles. The van der Waals surface area contributed by atoms with Crippen LogP contribution in [0.15, 0.2) is 0 Å². The summed E-state index contributed by atoms with van der Waals surface area (Å²) in [6.07, 6.45) is 0.597. The molecular weight excluding hydrogens is 144 g/mol. The highest BCUT2D eigenvalue weighted by Crippen LogP contribution is 1.89. The molecule has 11 heavy (non-hydrogen) atoms. The van der Waals surface area contributed by atoms with Crippen LogP contribution in [0.4, 0.5) is 4.79 Å². The van der Waals surface area contributed by atoms with Gasteiger partial charge in [0.05, 0.1) is 0 Å². The van der Waals surface area contributed by atoms with Crippen LogP contribution in [-0.4, -0.2) is 42.8 Å². The van der Waals surface area contributed by atoms with E-state index in [2.05, 4.69) is 5.32 Å². The van der Waals surface area contributed by atoms with Crippen molar-refractivity contribution in [2.75, 3.05) is 20.7 Å². The van der Waals surface area contributed by atoms with Gasteiger partial charge in [-0.2, -0.15) is 0 Å². The van der Waals surface area contributed by atoms with E-state index in [1.54, 1.807) is 14.1 Å². The minimum absolute atomic E-state index is 0.0369. The number of carbonyl (C=O) groups excluding carboxylic acids is 1. The number of amides is 2. The first kappa shape index (κ1) is 10.2. The smallest absolute Gasteiger partial charge is 0.317 e. The number of carbonyl (C=O) groups is 1. The van der Waals surface area contributed by atoms with Gasteiger partial charge in [0.1, 0.15) is 0 Å². The van der Waals surface area contributed by atoms with Gasteiger partial charge in [0, 0.05) is 26.7 Å². The molecule has 1 atom stereocenters. The molecule has 0 saturated carbocycles. The second kappa shape index (κ2) is 4.96. The van der Waals surface area contributed by atoms with Crippen molar-refractivity contribution in [3.8, 4) is 0 Å². The summed E-state index contributed by atoms with van der Waals surface area (Å²) in [6, 6.07) is -0.0825. The average Bonchev–Trinajstić information content (AvgIpc) is 1.87. The Bertz CT molecular complexity index is 126. The van der Waals surface area contributed by atoms with Crippen LogP contribution in [0.3, 0.4) is 0 Å². The number of hydrogen-bond acceptors (Lipinski definition) is 2. The fourth-order valence-corrected chi connectivity index (χ4v) is 0.606. The standard InChI is InChI=1S/C7H16N2O2/c1-6(4-5-10)8-7(11)9(2)3/h6,10H,4-5H2,1-3H3,(H,8,11)/t6-/m1/s1. The molecule has 0 aromatic carbocycles. The molecule has 2 N–H and O–H groups in total. The molecule has 0 aliphatic heterocycles. The maximum atomic E-state index is 11.0. The normalized spacial score (nSPS) is 12.4. The lowest BCUT2D eigenvalue weighted by Crippen LogP contribution is -2.40. The molecule has 2 amide bonds. The largest absolute Gasteiger partial charge is 0.396 e. The highest BCUT2D eigenvalue weighted by Gasteiger charge is 2.06. The zero-order valence-corrected chi connectivity index (χ0v) is 7.29. The van der Waals surface area contributed by atoms with Crippen LogP contribution in [0.1, 0.15) is 13.3 Å². The lowest BCUT2D eigenvalue weighted by molar-refractivity contribution is 0.209. The van der Waals surface area contributed by atoms with Crippen molar-refractivity contribution in [3.05, 3.63) is 0 Å². The van der Waals surface area contributed by atoms with Crippen molar-refractivity contribution in [1.29, 1.82) is 0 Å². The number of urea groups is 1. The molecular formula is C7H16N2O2. The molecule has 0 radical (unpaired) electrons. The Morgan fingerprint density at radius 3 is 2.55 bits per heavy atom. The van der Waals surface area contributed by atoms with Crippen LogP contribution in [0.2, 0.25) is 0 Å². The van der Waals surface area contributed by atoms with Crippen molar-refractivity contribution in [1.82, 2.24) is 10.2 Å². The Labute approximate surface area is 67.2 Å². The minimum atomic E-state index is -0.119. The zero-order valence-electron chi connectivity index (χ0n) is 7.29. The average molecular weight is 160 g/mol. The lowest BCUT2D eigenvalue weighted by Gasteiger charge is -2.16. The molecule has 4 heteroatoms. The number of nitrogens with one attached hydrogen (secondary N) is 1. The Kier molecular flexibility index (Phi) is 4.61. The van der Waals surface area contributed by atoms with Gasteiger partial charge < -0.3 is 15.3 Å². The number of nitrogens with zero attached hydrogens (tertiary/aromatic N) is 1. The lowest BCUT2D eigenvalue weighted by atomic mass is 10.2. The highest BCUT2D eigenvalue weighted by atomic mass is 16.3. The van der Waals surface area contributed by atoms with Crippen LogP contribution in [0.5, 0.6) is 0 Å². The summed E-state index contributed by atoms with van der Waals surface area (Å²) in [5, 5.41) is 11.2. The maximum Gasteiger partial charge on any atom is 0.317 e. The maximum absolute atomic E-state index is 11.0. The van der Waals surface area contributed by atoms with E-state index >= 15 is 0 Å². The summed E-state index contributed by atoms with van der Waals surface area (Å²) < 4.78 is 0. The molecule has 0 spiro atoms. The van der Waals surface area contributed by atoms with Crippen LogP contribution < -0.4 is 5.32 Å². The van der Waals surface area contributed by atoms with Crippen molar-refractivity contribution < 1.29 is 9.90 Å². The summed E-state index contributed by atoms with van der Waals surface area (Å²) in [6.45, 7) is 1.96. The van der Waals surface area contributed by atoms with Gasteiger partial charge in [-0.1, -0.05) is 0 Å². The Balaban J connectivity index is 3.57. The van der Waals surface area contributed by atoms with Gasteiger partial charge in [-0.15, -0.1) is 0 Å². The van der Waals surface area contributed by atoms with Crippen molar-refractivity contribution in [2.24, 2.45) is 0 Å². The van der Waals surface area contributed by atoms with Crippen LogP contribution >= 0.6 is 0 Å². The molecule has 0 bridgehead atoms. The van der Waals surface area contributed by atoms with E-state index in [1.165, 1.54) is 4.90 Å². The van der Waals surface area contributed by atoms with E-state index in [-0.39, 0.29) is 18.7 Å². The molecule has 66 valence electrons. The summed E-state index contributed by atoms with van der Waals surface area (Å²) >= 11 is 0. The number of aliphatic hydroxyl groups is 1. The van der Waals surface area contributed by atoms with E-state index in [9.17, 15) is 4.79 Å². The zero-order chi connectivity index (χ0) is 8.85. The first-order valence-electron chi connectivity index (χ1n) is 3.66. The quantitative estimate of drug-likeness (QED) is 0.612. The van der Waals surface area contributed by atoms with Crippen LogP contribution in [-0.2, 0) is 0 Å². The molecule has 0 aromatic heterocycles. The molecule has 0 unspecified atom stereocenters. The minimum Gasteiger partial charge on any atom is -0.396 e.